The quantitative estimate of drug-likeness (QED) is 0.917. The van der Waals surface area contributed by atoms with Crippen LogP contribution in [0.3, 0.4) is 0 Å². The van der Waals surface area contributed by atoms with Gasteiger partial charge in [0.05, 0.1) is 6.04 Å². The van der Waals surface area contributed by atoms with Crippen LogP contribution in [0.5, 0.6) is 11.5 Å². The summed E-state index contributed by atoms with van der Waals surface area (Å²) in [6.45, 7) is 1.05. The molecule has 1 unspecified atom stereocenters. The van der Waals surface area contributed by atoms with Gasteiger partial charge in [0, 0.05) is 16.1 Å². The molecule has 1 heterocycles. The molecule has 0 bridgehead atoms. The Kier molecular flexibility index (Phi) is 3.74. The van der Waals surface area contributed by atoms with E-state index < -0.39 is 6.04 Å². The van der Waals surface area contributed by atoms with Crippen molar-refractivity contribution < 1.29 is 9.47 Å². The molecule has 0 spiro atoms. The van der Waals surface area contributed by atoms with Crippen molar-refractivity contribution in [1.82, 2.24) is 0 Å². The average Bonchev–Trinajstić information content (AvgIpc) is 2.46. The maximum atomic E-state index is 6.30. The first kappa shape index (κ1) is 13.6. The summed E-state index contributed by atoms with van der Waals surface area (Å²) in [4.78, 5) is 0. The second-order valence-corrected chi connectivity index (χ2v) is 5.33. The Morgan fingerprint density at radius 3 is 2.25 bits per heavy atom. The maximum Gasteiger partial charge on any atom is 0.162 e. The van der Waals surface area contributed by atoms with Crippen LogP contribution in [0.4, 0.5) is 0 Å². The molecule has 0 amide bonds. The molecule has 2 N–H and O–H groups in total. The molecule has 2 aromatic rings. The molecule has 0 saturated heterocycles. The van der Waals surface area contributed by atoms with E-state index in [4.69, 9.17) is 38.4 Å². The highest BCUT2D eigenvalue weighted by atomic mass is 35.5. The summed E-state index contributed by atoms with van der Waals surface area (Å²) in [7, 11) is 0. The minimum atomic E-state index is -0.410. The Morgan fingerprint density at radius 1 is 0.900 bits per heavy atom. The van der Waals surface area contributed by atoms with Crippen LogP contribution in [0.15, 0.2) is 36.4 Å². The predicted octanol–water partition coefficient (Wildman–Crippen LogP) is 3.81. The third kappa shape index (κ3) is 2.44. The number of ether oxygens (including phenoxy) is 2. The Hall–Kier alpha value is -1.42. The maximum absolute atomic E-state index is 6.30. The van der Waals surface area contributed by atoms with Gasteiger partial charge in [-0.05, 0) is 23.3 Å². The first-order valence-corrected chi connectivity index (χ1v) is 7.01. The Labute approximate surface area is 127 Å². The van der Waals surface area contributed by atoms with Gasteiger partial charge >= 0.3 is 0 Å². The Bertz CT molecular complexity index is 646. The van der Waals surface area contributed by atoms with Crippen LogP contribution in [0, 0.1) is 0 Å². The van der Waals surface area contributed by atoms with Crippen molar-refractivity contribution in [3.8, 4) is 11.5 Å². The summed E-state index contributed by atoms with van der Waals surface area (Å²) in [6.07, 6.45) is 0. The van der Waals surface area contributed by atoms with Gasteiger partial charge in [-0.25, -0.2) is 0 Å². The van der Waals surface area contributed by atoms with Gasteiger partial charge in [-0.1, -0.05) is 41.4 Å². The van der Waals surface area contributed by atoms with E-state index in [0.29, 0.717) is 34.8 Å². The molecule has 0 saturated carbocycles. The first-order valence-electron chi connectivity index (χ1n) is 6.26. The summed E-state index contributed by atoms with van der Waals surface area (Å²) in [6, 6.07) is 10.6. The normalized spacial score (nSPS) is 14.9. The van der Waals surface area contributed by atoms with Gasteiger partial charge in [0.1, 0.15) is 13.2 Å². The molecule has 1 aliphatic heterocycles. The number of benzene rings is 2. The van der Waals surface area contributed by atoms with E-state index in [1.54, 1.807) is 6.07 Å². The molecular weight excluding hydrogens is 297 g/mol. The van der Waals surface area contributed by atoms with Crippen LogP contribution in [-0.2, 0) is 0 Å². The number of halogens is 2. The largest absolute Gasteiger partial charge is 0.486 e. The smallest absolute Gasteiger partial charge is 0.162 e. The lowest BCUT2D eigenvalue weighted by Gasteiger charge is -2.22. The van der Waals surface area contributed by atoms with Gasteiger partial charge in [0.25, 0.3) is 0 Å². The van der Waals surface area contributed by atoms with Crippen molar-refractivity contribution in [3.05, 3.63) is 57.6 Å². The van der Waals surface area contributed by atoms with Crippen molar-refractivity contribution in [3.63, 3.8) is 0 Å². The molecule has 1 aliphatic rings. The molecular formula is C15H13Cl2NO2. The molecule has 0 radical (unpaired) electrons. The zero-order valence-electron chi connectivity index (χ0n) is 10.6. The second-order valence-electron chi connectivity index (χ2n) is 4.52. The van der Waals surface area contributed by atoms with Gasteiger partial charge in [-0.3, -0.25) is 0 Å². The van der Waals surface area contributed by atoms with Gasteiger partial charge < -0.3 is 15.2 Å². The molecule has 0 aliphatic carbocycles. The molecule has 0 aromatic heterocycles. The molecule has 20 heavy (non-hydrogen) atoms. The van der Waals surface area contributed by atoms with Gasteiger partial charge in [-0.2, -0.15) is 0 Å². The standard InChI is InChI=1S/C15H13Cl2NO2/c16-11-4-2-1-3-9(11)15(18)10-7-13-14(8-12(10)17)20-6-5-19-13/h1-4,7-8,15H,5-6,18H2. The van der Waals surface area contributed by atoms with Crippen LogP contribution in [-0.4, -0.2) is 13.2 Å². The third-order valence-electron chi connectivity index (χ3n) is 3.24. The second kappa shape index (κ2) is 5.52. The van der Waals surface area contributed by atoms with Crippen LogP contribution >= 0.6 is 23.2 Å². The minimum absolute atomic E-state index is 0.410. The molecule has 5 heteroatoms. The number of hydrogen-bond donors (Lipinski definition) is 1. The van der Waals surface area contributed by atoms with Gasteiger partial charge in [-0.15, -0.1) is 0 Å². The highest BCUT2D eigenvalue weighted by Crippen LogP contribution is 2.39. The lowest BCUT2D eigenvalue weighted by Crippen LogP contribution is -2.17. The zero-order valence-corrected chi connectivity index (χ0v) is 12.1. The van der Waals surface area contributed by atoms with E-state index in [0.717, 1.165) is 11.1 Å². The molecule has 3 rings (SSSR count). The van der Waals surface area contributed by atoms with Crippen molar-refractivity contribution in [2.24, 2.45) is 5.73 Å². The van der Waals surface area contributed by atoms with Crippen LogP contribution in [0.2, 0.25) is 10.0 Å². The van der Waals surface area contributed by atoms with Gasteiger partial charge in [0.15, 0.2) is 11.5 Å². The number of nitrogens with two attached hydrogens (primary N) is 1. The van der Waals surface area contributed by atoms with E-state index in [2.05, 4.69) is 0 Å². The fourth-order valence-corrected chi connectivity index (χ4v) is 2.74. The summed E-state index contributed by atoms with van der Waals surface area (Å²) >= 11 is 12.5. The number of fused-ring (bicyclic) bond motifs is 1. The molecule has 3 nitrogen and oxygen atoms in total. The SMILES string of the molecule is NC(c1ccccc1Cl)c1cc2c(cc1Cl)OCCO2. The lowest BCUT2D eigenvalue weighted by atomic mass is 9.99. The van der Waals surface area contributed by atoms with Crippen molar-refractivity contribution in [2.75, 3.05) is 13.2 Å². The molecule has 2 aromatic carbocycles. The minimum Gasteiger partial charge on any atom is -0.486 e. The van der Waals surface area contributed by atoms with E-state index in [1.165, 1.54) is 0 Å². The zero-order chi connectivity index (χ0) is 14.1. The predicted molar refractivity (Wildman–Crippen MR) is 79.9 cm³/mol. The van der Waals surface area contributed by atoms with Crippen molar-refractivity contribution in [1.29, 1.82) is 0 Å². The topological polar surface area (TPSA) is 44.5 Å². The molecule has 104 valence electrons. The van der Waals surface area contributed by atoms with E-state index >= 15 is 0 Å². The van der Waals surface area contributed by atoms with Crippen molar-refractivity contribution >= 4 is 23.2 Å². The van der Waals surface area contributed by atoms with E-state index in [9.17, 15) is 0 Å². The summed E-state index contributed by atoms with van der Waals surface area (Å²) in [5.41, 5.74) is 7.88. The monoisotopic (exact) mass is 309 g/mol. The Morgan fingerprint density at radius 2 is 1.55 bits per heavy atom. The highest BCUT2D eigenvalue weighted by molar-refractivity contribution is 6.32. The average molecular weight is 310 g/mol. The van der Waals surface area contributed by atoms with Crippen LogP contribution in [0.25, 0.3) is 0 Å². The van der Waals surface area contributed by atoms with Crippen molar-refractivity contribution in [2.45, 2.75) is 6.04 Å². The molecule has 0 fully saturated rings. The summed E-state index contributed by atoms with van der Waals surface area (Å²) in [5, 5.41) is 1.16. The van der Waals surface area contributed by atoms with Crippen LogP contribution in [0.1, 0.15) is 17.2 Å². The third-order valence-corrected chi connectivity index (χ3v) is 3.91. The summed E-state index contributed by atoms with van der Waals surface area (Å²) < 4.78 is 11.1. The summed E-state index contributed by atoms with van der Waals surface area (Å²) in [5.74, 6) is 1.31. The lowest BCUT2D eigenvalue weighted by molar-refractivity contribution is 0.171. The highest BCUT2D eigenvalue weighted by Gasteiger charge is 2.20. The number of rotatable bonds is 2. The van der Waals surface area contributed by atoms with Gasteiger partial charge in [0.2, 0.25) is 0 Å². The van der Waals surface area contributed by atoms with E-state index in [1.807, 2.05) is 30.3 Å². The first-order chi connectivity index (χ1) is 9.66. The van der Waals surface area contributed by atoms with Crippen LogP contribution < -0.4 is 15.2 Å². The molecule has 1 atom stereocenters. The fourth-order valence-electron chi connectivity index (χ4n) is 2.21. The van der Waals surface area contributed by atoms with E-state index in [-0.39, 0.29) is 0 Å². The Balaban J connectivity index is 2.03. The number of hydrogen-bond acceptors (Lipinski definition) is 3. The fraction of sp³-hybridized carbons (Fsp3) is 0.200.